The third-order valence-electron chi connectivity index (χ3n) is 2.47. The maximum absolute atomic E-state index is 5.50. The van der Waals surface area contributed by atoms with E-state index in [-0.39, 0.29) is 0 Å². The molecule has 1 heterocycles. The van der Waals surface area contributed by atoms with Crippen molar-refractivity contribution >= 4 is 0 Å². The number of hydrogen-bond acceptors (Lipinski definition) is 1. The van der Waals surface area contributed by atoms with E-state index < -0.39 is 0 Å². The molecule has 0 aliphatic carbocycles. The van der Waals surface area contributed by atoms with Crippen LogP contribution < -0.4 is 0 Å². The highest BCUT2D eigenvalue weighted by molar-refractivity contribution is 5.28. The van der Waals surface area contributed by atoms with Crippen LogP contribution in [-0.2, 0) is 4.74 Å². The van der Waals surface area contributed by atoms with Gasteiger partial charge in [-0.3, -0.25) is 0 Å². The Morgan fingerprint density at radius 3 is 2.86 bits per heavy atom. The van der Waals surface area contributed by atoms with Gasteiger partial charge in [0.05, 0.1) is 6.61 Å². The van der Waals surface area contributed by atoms with Crippen LogP contribution in [0, 0.1) is 11.8 Å². The largest absolute Gasteiger partial charge is 0.494 e. The number of ether oxygens (including phenoxy) is 1. The van der Waals surface area contributed by atoms with Crippen LogP contribution in [0.2, 0.25) is 0 Å². The summed E-state index contributed by atoms with van der Waals surface area (Å²) >= 11 is 0. The molecule has 1 heteroatoms. The molecular formula is C13H20O. The van der Waals surface area contributed by atoms with Crippen molar-refractivity contribution in [3.8, 4) is 0 Å². The van der Waals surface area contributed by atoms with E-state index in [4.69, 9.17) is 4.74 Å². The van der Waals surface area contributed by atoms with E-state index in [2.05, 4.69) is 39.5 Å². The highest BCUT2D eigenvalue weighted by Gasteiger charge is 2.05. The molecule has 1 nitrogen and oxygen atoms in total. The van der Waals surface area contributed by atoms with Gasteiger partial charge >= 0.3 is 0 Å². The molecule has 0 radical (unpaired) electrons. The number of rotatable bonds is 1. The van der Waals surface area contributed by atoms with Gasteiger partial charge in [0, 0.05) is 0 Å². The van der Waals surface area contributed by atoms with E-state index in [0.717, 1.165) is 18.8 Å². The van der Waals surface area contributed by atoms with Gasteiger partial charge < -0.3 is 4.74 Å². The third-order valence-corrected chi connectivity index (χ3v) is 2.47. The maximum atomic E-state index is 5.50. The maximum Gasteiger partial charge on any atom is 0.112 e. The summed E-state index contributed by atoms with van der Waals surface area (Å²) in [6.45, 7) is 11.2. The lowest BCUT2D eigenvalue weighted by atomic mass is 10.00. The predicted octanol–water partition coefficient (Wildman–Crippen LogP) is 3.70. The summed E-state index contributed by atoms with van der Waals surface area (Å²) in [6, 6.07) is 0. The average molecular weight is 192 g/mol. The van der Waals surface area contributed by atoms with Gasteiger partial charge in [0.2, 0.25) is 0 Å². The standard InChI is InChI=1S/C13H20O/c1-10(2)13-6-5-11(3)7-8-14-12(4)9-13/h5-6,9-11H,4,7-8H2,1-3H3/b6-5-,13-9+. The first-order valence-electron chi connectivity index (χ1n) is 5.31. The quantitative estimate of drug-likeness (QED) is 0.615. The van der Waals surface area contributed by atoms with E-state index in [1.165, 1.54) is 5.57 Å². The van der Waals surface area contributed by atoms with Crippen LogP contribution in [0.4, 0.5) is 0 Å². The van der Waals surface area contributed by atoms with E-state index >= 15 is 0 Å². The molecule has 0 N–H and O–H groups in total. The summed E-state index contributed by atoms with van der Waals surface area (Å²) in [5.41, 5.74) is 1.30. The van der Waals surface area contributed by atoms with E-state index in [1.54, 1.807) is 0 Å². The molecule has 0 spiro atoms. The monoisotopic (exact) mass is 192 g/mol. The van der Waals surface area contributed by atoms with Crippen LogP contribution in [0.1, 0.15) is 27.2 Å². The number of hydrogen-bond donors (Lipinski definition) is 0. The Kier molecular flexibility index (Phi) is 3.99. The van der Waals surface area contributed by atoms with Gasteiger partial charge in [-0.1, -0.05) is 39.5 Å². The predicted molar refractivity (Wildman–Crippen MR) is 60.9 cm³/mol. The second-order valence-corrected chi connectivity index (χ2v) is 4.24. The Balaban J connectivity index is 2.83. The van der Waals surface area contributed by atoms with Crippen molar-refractivity contribution in [2.45, 2.75) is 27.2 Å². The van der Waals surface area contributed by atoms with Gasteiger partial charge in [0.25, 0.3) is 0 Å². The van der Waals surface area contributed by atoms with Gasteiger partial charge in [-0.15, -0.1) is 0 Å². The highest BCUT2D eigenvalue weighted by Crippen LogP contribution is 2.18. The topological polar surface area (TPSA) is 9.23 Å². The van der Waals surface area contributed by atoms with Crippen LogP contribution in [0.25, 0.3) is 0 Å². The van der Waals surface area contributed by atoms with Crippen LogP contribution >= 0.6 is 0 Å². The first-order valence-corrected chi connectivity index (χ1v) is 5.31. The molecule has 0 saturated heterocycles. The highest BCUT2D eigenvalue weighted by atomic mass is 16.5. The van der Waals surface area contributed by atoms with Gasteiger partial charge in [-0.2, -0.15) is 0 Å². The molecule has 1 atom stereocenters. The van der Waals surface area contributed by atoms with Crippen LogP contribution in [0.5, 0.6) is 0 Å². The molecule has 1 aliphatic rings. The van der Waals surface area contributed by atoms with Crippen molar-refractivity contribution in [3.05, 3.63) is 36.1 Å². The van der Waals surface area contributed by atoms with Gasteiger partial charge in [0.15, 0.2) is 0 Å². The molecule has 78 valence electrons. The Labute approximate surface area is 87.2 Å². The summed E-state index contributed by atoms with van der Waals surface area (Å²) in [6.07, 6.45) is 7.57. The molecule has 0 bridgehead atoms. The molecule has 0 saturated carbocycles. The second kappa shape index (κ2) is 5.04. The fourth-order valence-corrected chi connectivity index (χ4v) is 1.38. The first kappa shape index (κ1) is 11.1. The lowest BCUT2D eigenvalue weighted by Crippen LogP contribution is -1.97. The molecule has 14 heavy (non-hydrogen) atoms. The lowest BCUT2D eigenvalue weighted by Gasteiger charge is -2.07. The van der Waals surface area contributed by atoms with Crippen molar-refractivity contribution in [2.75, 3.05) is 6.61 Å². The molecule has 1 unspecified atom stereocenters. The first-order chi connectivity index (χ1) is 6.59. The van der Waals surface area contributed by atoms with E-state index in [9.17, 15) is 0 Å². The zero-order chi connectivity index (χ0) is 10.6. The van der Waals surface area contributed by atoms with Crippen molar-refractivity contribution in [2.24, 2.45) is 11.8 Å². The van der Waals surface area contributed by atoms with Crippen LogP contribution in [0.3, 0.4) is 0 Å². The van der Waals surface area contributed by atoms with Crippen LogP contribution in [-0.4, -0.2) is 6.61 Å². The Morgan fingerprint density at radius 1 is 1.50 bits per heavy atom. The Morgan fingerprint density at radius 2 is 2.21 bits per heavy atom. The minimum atomic E-state index is 0.525. The molecule has 1 aliphatic heterocycles. The molecule has 0 aromatic carbocycles. The Hall–Kier alpha value is -0.980. The zero-order valence-corrected chi connectivity index (χ0v) is 9.42. The van der Waals surface area contributed by atoms with E-state index in [1.807, 2.05) is 6.08 Å². The van der Waals surface area contributed by atoms with Gasteiger partial charge in [-0.25, -0.2) is 0 Å². The van der Waals surface area contributed by atoms with Crippen molar-refractivity contribution in [3.63, 3.8) is 0 Å². The average Bonchev–Trinajstić information content (AvgIpc) is 2.17. The number of allylic oxidation sites excluding steroid dienone is 4. The molecule has 0 amide bonds. The zero-order valence-electron chi connectivity index (χ0n) is 9.42. The second-order valence-electron chi connectivity index (χ2n) is 4.24. The summed E-state index contributed by atoms with van der Waals surface area (Å²) in [5, 5.41) is 0. The molecular weight excluding hydrogens is 172 g/mol. The van der Waals surface area contributed by atoms with Crippen molar-refractivity contribution < 1.29 is 4.74 Å². The summed E-state index contributed by atoms with van der Waals surface area (Å²) < 4.78 is 5.50. The third kappa shape index (κ3) is 3.41. The lowest BCUT2D eigenvalue weighted by molar-refractivity contribution is 0.212. The summed E-state index contributed by atoms with van der Waals surface area (Å²) in [5.74, 6) is 1.90. The van der Waals surface area contributed by atoms with Gasteiger partial charge in [-0.05, 0) is 29.9 Å². The molecule has 0 aromatic heterocycles. The van der Waals surface area contributed by atoms with Crippen molar-refractivity contribution in [1.82, 2.24) is 0 Å². The van der Waals surface area contributed by atoms with E-state index in [0.29, 0.717) is 11.8 Å². The molecule has 1 rings (SSSR count). The van der Waals surface area contributed by atoms with Crippen molar-refractivity contribution in [1.29, 1.82) is 0 Å². The molecule has 0 aromatic rings. The summed E-state index contributed by atoms with van der Waals surface area (Å²) in [7, 11) is 0. The fraction of sp³-hybridized carbons (Fsp3) is 0.538. The minimum absolute atomic E-state index is 0.525. The summed E-state index contributed by atoms with van der Waals surface area (Å²) in [4.78, 5) is 0. The Bertz CT molecular complexity index is 258. The van der Waals surface area contributed by atoms with Crippen LogP contribution in [0.15, 0.2) is 36.1 Å². The fourth-order valence-electron chi connectivity index (χ4n) is 1.38. The molecule has 0 fully saturated rings. The SMILES string of the molecule is C=C1/C=C(C(C)C)\C=C/C(C)CCO1. The normalized spacial score (nSPS) is 29.6. The van der Waals surface area contributed by atoms with Gasteiger partial charge in [0.1, 0.15) is 5.76 Å². The minimum Gasteiger partial charge on any atom is -0.494 e. The smallest absolute Gasteiger partial charge is 0.112 e.